The number of ether oxygens (including phenoxy) is 1. The number of anilines is 2. The topological polar surface area (TPSA) is 106 Å². The summed E-state index contributed by atoms with van der Waals surface area (Å²) in [6.07, 6.45) is 3.44. The molecule has 2 amide bonds. The quantitative estimate of drug-likeness (QED) is 0.209. The molecule has 1 aliphatic rings. The SMILES string of the molecule is CC.CC.CC.CF.O=C(Nc1ccc(F)cc1)C1(C(=O)Nc2ccc(Oc3ccnc4nc(Cl)cnc34)c(F)c2)CC1. The molecule has 232 valence electrons. The van der Waals surface area contributed by atoms with Gasteiger partial charge in [-0.25, -0.2) is 23.7 Å². The number of rotatable bonds is 6. The third kappa shape index (κ3) is 9.64. The van der Waals surface area contributed by atoms with E-state index in [-0.39, 0.29) is 28.0 Å². The summed E-state index contributed by atoms with van der Waals surface area (Å²) in [4.78, 5) is 37.7. The van der Waals surface area contributed by atoms with E-state index in [9.17, 15) is 22.8 Å². The number of hydrogen-bond acceptors (Lipinski definition) is 6. The Kier molecular flexibility index (Phi) is 15.7. The van der Waals surface area contributed by atoms with Gasteiger partial charge in [-0.2, -0.15) is 0 Å². The molecule has 0 aliphatic heterocycles. The number of carbonyl (C=O) groups is 2. The van der Waals surface area contributed by atoms with E-state index in [0.29, 0.717) is 31.2 Å². The molecule has 5 rings (SSSR count). The molecule has 0 unspecified atom stereocenters. The Hall–Kier alpha value is -4.25. The minimum Gasteiger partial charge on any atom is -0.452 e. The van der Waals surface area contributed by atoms with Gasteiger partial charge in [-0.05, 0) is 49.2 Å². The third-order valence-corrected chi connectivity index (χ3v) is 5.69. The van der Waals surface area contributed by atoms with Gasteiger partial charge in [0.25, 0.3) is 0 Å². The number of aromatic nitrogens is 3. The molecule has 2 N–H and O–H groups in total. The average Bonchev–Trinajstić information content (AvgIpc) is 3.86. The predicted molar refractivity (Wildman–Crippen MR) is 165 cm³/mol. The fourth-order valence-corrected chi connectivity index (χ4v) is 3.58. The van der Waals surface area contributed by atoms with Gasteiger partial charge in [-0.3, -0.25) is 14.0 Å². The predicted octanol–water partition coefficient (Wildman–Crippen LogP) is 8.77. The largest absolute Gasteiger partial charge is 0.452 e. The number of amides is 2. The number of nitrogens with one attached hydrogen (secondary N) is 2. The lowest BCUT2D eigenvalue weighted by atomic mass is 10.0. The smallest absolute Gasteiger partial charge is 0.240 e. The van der Waals surface area contributed by atoms with Crippen LogP contribution in [0.5, 0.6) is 11.5 Å². The summed E-state index contributed by atoms with van der Waals surface area (Å²) in [5, 5.41) is 5.37. The number of fused-ring (bicyclic) bond motifs is 1. The first kappa shape index (κ1) is 36.8. The molecule has 8 nitrogen and oxygen atoms in total. The van der Waals surface area contributed by atoms with Crippen molar-refractivity contribution in [3.63, 3.8) is 0 Å². The Labute approximate surface area is 255 Å². The number of benzene rings is 2. The number of nitrogens with zero attached hydrogens (tertiary/aromatic N) is 3. The van der Waals surface area contributed by atoms with E-state index in [1.165, 1.54) is 54.9 Å². The van der Waals surface area contributed by atoms with Crippen molar-refractivity contribution in [1.29, 1.82) is 0 Å². The molecular formula is C31H37ClF3N5O3. The van der Waals surface area contributed by atoms with E-state index in [1.807, 2.05) is 41.5 Å². The summed E-state index contributed by atoms with van der Waals surface area (Å²) < 4.78 is 43.0. The molecule has 12 heteroatoms. The molecule has 1 fully saturated rings. The first-order valence-corrected chi connectivity index (χ1v) is 14.2. The van der Waals surface area contributed by atoms with Crippen molar-refractivity contribution in [2.24, 2.45) is 5.41 Å². The molecule has 0 spiro atoms. The highest BCUT2D eigenvalue weighted by Gasteiger charge is 2.56. The molecule has 0 bridgehead atoms. The first-order valence-electron chi connectivity index (χ1n) is 13.8. The first-order chi connectivity index (χ1) is 20.8. The second-order valence-corrected chi connectivity index (χ2v) is 8.31. The third-order valence-electron chi connectivity index (χ3n) is 5.51. The van der Waals surface area contributed by atoms with Crippen LogP contribution in [0.4, 0.5) is 24.5 Å². The van der Waals surface area contributed by atoms with Crippen molar-refractivity contribution in [2.75, 3.05) is 17.8 Å². The van der Waals surface area contributed by atoms with Crippen LogP contribution in [0.15, 0.2) is 60.9 Å². The van der Waals surface area contributed by atoms with Gasteiger partial charge in [0.1, 0.15) is 16.4 Å². The maximum Gasteiger partial charge on any atom is 0.240 e. The highest BCUT2D eigenvalue weighted by atomic mass is 35.5. The Morgan fingerprint density at radius 3 is 1.93 bits per heavy atom. The van der Waals surface area contributed by atoms with Crippen LogP contribution in [-0.4, -0.2) is 33.9 Å². The van der Waals surface area contributed by atoms with Gasteiger partial charge in [-0.1, -0.05) is 53.1 Å². The van der Waals surface area contributed by atoms with Crippen LogP contribution in [0.3, 0.4) is 0 Å². The maximum atomic E-state index is 14.8. The molecule has 4 aromatic rings. The maximum absolute atomic E-state index is 14.8. The number of carbonyl (C=O) groups excluding carboxylic acids is 2. The summed E-state index contributed by atoms with van der Waals surface area (Å²) in [6, 6.07) is 10.6. The van der Waals surface area contributed by atoms with Crippen molar-refractivity contribution in [1.82, 2.24) is 15.0 Å². The number of pyridine rings is 1. The number of halogens is 4. The van der Waals surface area contributed by atoms with Crippen molar-refractivity contribution in [3.05, 3.63) is 77.7 Å². The van der Waals surface area contributed by atoms with Crippen LogP contribution in [0.25, 0.3) is 11.2 Å². The summed E-state index contributed by atoms with van der Waals surface area (Å²) in [5.41, 5.74) is -0.189. The summed E-state index contributed by atoms with van der Waals surface area (Å²) in [6.45, 7) is 12.0. The monoisotopic (exact) mass is 619 g/mol. The zero-order valence-electron chi connectivity index (χ0n) is 25.3. The molecule has 0 saturated heterocycles. The van der Waals surface area contributed by atoms with Gasteiger partial charge in [0.2, 0.25) is 11.8 Å². The molecule has 2 heterocycles. The van der Waals surface area contributed by atoms with Gasteiger partial charge < -0.3 is 15.4 Å². The number of alkyl halides is 1. The van der Waals surface area contributed by atoms with E-state index in [2.05, 4.69) is 25.6 Å². The van der Waals surface area contributed by atoms with E-state index < -0.39 is 28.9 Å². The molecule has 1 aliphatic carbocycles. The van der Waals surface area contributed by atoms with Crippen LogP contribution >= 0.6 is 11.6 Å². The molecule has 0 radical (unpaired) electrons. The van der Waals surface area contributed by atoms with Crippen molar-refractivity contribution < 1.29 is 27.5 Å². The summed E-state index contributed by atoms with van der Waals surface area (Å²) in [5.74, 6) is -2.13. The van der Waals surface area contributed by atoms with E-state index >= 15 is 0 Å². The second-order valence-electron chi connectivity index (χ2n) is 7.92. The van der Waals surface area contributed by atoms with Crippen LogP contribution < -0.4 is 15.4 Å². The van der Waals surface area contributed by atoms with Gasteiger partial charge in [-0.15, -0.1) is 0 Å². The van der Waals surface area contributed by atoms with E-state index in [0.717, 1.165) is 6.07 Å². The normalized spacial score (nSPS) is 11.8. The zero-order valence-corrected chi connectivity index (χ0v) is 26.0. The number of hydrogen-bond donors (Lipinski definition) is 2. The lowest BCUT2D eigenvalue weighted by molar-refractivity contribution is -0.131. The molecule has 0 atom stereocenters. The van der Waals surface area contributed by atoms with Crippen LogP contribution in [0.2, 0.25) is 5.15 Å². The van der Waals surface area contributed by atoms with Gasteiger partial charge >= 0.3 is 0 Å². The fraction of sp³-hybridized carbons (Fsp3) is 0.323. The summed E-state index contributed by atoms with van der Waals surface area (Å²) >= 11 is 5.83. The molecule has 2 aromatic carbocycles. The lowest BCUT2D eigenvalue weighted by Gasteiger charge is -2.16. The van der Waals surface area contributed by atoms with Crippen molar-refractivity contribution in [2.45, 2.75) is 54.4 Å². The van der Waals surface area contributed by atoms with E-state index in [1.54, 1.807) is 0 Å². The van der Waals surface area contributed by atoms with Crippen LogP contribution in [0.1, 0.15) is 54.4 Å². The highest BCUT2D eigenvalue weighted by molar-refractivity contribution is 6.29. The second kappa shape index (κ2) is 18.3. The minimum absolute atomic E-state index is 0.109. The Morgan fingerprint density at radius 2 is 1.37 bits per heavy atom. The van der Waals surface area contributed by atoms with Crippen molar-refractivity contribution in [3.8, 4) is 11.5 Å². The lowest BCUT2D eigenvalue weighted by Crippen LogP contribution is -2.35. The zero-order chi connectivity index (χ0) is 32.6. The Morgan fingerprint density at radius 1 is 0.814 bits per heavy atom. The summed E-state index contributed by atoms with van der Waals surface area (Å²) in [7, 11) is 0.500. The highest BCUT2D eigenvalue weighted by Crippen LogP contribution is 2.47. The van der Waals surface area contributed by atoms with Crippen molar-refractivity contribution >= 4 is 46.0 Å². The van der Waals surface area contributed by atoms with Gasteiger partial charge in [0.05, 0.1) is 13.4 Å². The van der Waals surface area contributed by atoms with Gasteiger partial charge in [0, 0.05) is 29.7 Å². The average molecular weight is 620 g/mol. The minimum atomic E-state index is -1.27. The Balaban J connectivity index is 0.00000107. The van der Waals surface area contributed by atoms with Crippen LogP contribution in [0, 0.1) is 17.0 Å². The standard InChI is InChI=1S/C24H16ClF2N5O3.3C2H6.CH3F/c25-19-12-29-20-18(7-10-28-21(20)32-19)35-17-6-5-15(11-16(17)27)31-23(34)24(8-9-24)22(33)30-14-3-1-13(26)2-4-14;4*1-2/h1-7,10-12H,8-9H2,(H,30,33)(H,31,34);3*1-2H3;1H3. The van der Waals surface area contributed by atoms with Gasteiger partial charge in [0.15, 0.2) is 28.5 Å². The Bertz CT molecular complexity index is 1470. The van der Waals surface area contributed by atoms with Crippen LogP contribution in [-0.2, 0) is 9.59 Å². The molecule has 2 aromatic heterocycles. The van der Waals surface area contributed by atoms with E-state index in [4.69, 9.17) is 16.3 Å². The fourth-order valence-electron chi connectivity index (χ4n) is 3.46. The molecular weight excluding hydrogens is 583 g/mol. The molecule has 1 saturated carbocycles. The molecule has 43 heavy (non-hydrogen) atoms.